The summed E-state index contributed by atoms with van der Waals surface area (Å²) in [7, 11) is 0. The van der Waals surface area contributed by atoms with Gasteiger partial charge in [0.15, 0.2) is 0 Å². The van der Waals surface area contributed by atoms with Gasteiger partial charge in [0, 0.05) is 72.5 Å². The number of nitrogens with zero attached hydrogens (tertiary/aromatic N) is 3. The van der Waals surface area contributed by atoms with Crippen molar-refractivity contribution in [1.29, 1.82) is 0 Å². The van der Waals surface area contributed by atoms with E-state index >= 15 is 0 Å². The summed E-state index contributed by atoms with van der Waals surface area (Å²) in [6.45, 7) is 6.91. The number of hydrogen-bond acceptors (Lipinski definition) is 3. The van der Waals surface area contributed by atoms with Gasteiger partial charge in [0.1, 0.15) is 5.75 Å². The molecule has 216 valence electrons. The quantitative estimate of drug-likeness (QED) is 0.198. The molecule has 4 nitrogen and oxygen atoms in total. The number of benzene rings is 3. The average molecular weight is 582 g/mol. The highest BCUT2D eigenvalue weighted by atomic mass is 35.5. The minimum atomic E-state index is -4.70. The van der Waals surface area contributed by atoms with E-state index < -0.39 is 6.36 Å². The van der Waals surface area contributed by atoms with E-state index in [1.165, 1.54) is 36.1 Å². The third-order valence-electron chi connectivity index (χ3n) is 8.52. The zero-order valence-electron chi connectivity index (χ0n) is 23.2. The van der Waals surface area contributed by atoms with Crippen molar-refractivity contribution in [3.63, 3.8) is 0 Å². The van der Waals surface area contributed by atoms with Gasteiger partial charge in [-0.25, -0.2) is 0 Å². The fraction of sp³-hybridized carbons (Fsp3) is 0.394. The van der Waals surface area contributed by atoms with Crippen molar-refractivity contribution in [2.75, 3.05) is 13.1 Å². The van der Waals surface area contributed by atoms with Crippen molar-refractivity contribution >= 4 is 22.5 Å². The highest BCUT2D eigenvalue weighted by Crippen LogP contribution is 2.36. The van der Waals surface area contributed by atoms with E-state index in [0.29, 0.717) is 12.1 Å². The molecular formula is C33H35ClF3N3O. The molecule has 0 N–H and O–H groups in total. The first-order valence-corrected chi connectivity index (χ1v) is 14.8. The lowest BCUT2D eigenvalue weighted by atomic mass is 10.0. The van der Waals surface area contributed by atoms with Crippen LogP contribution < -0.4 is 4.74 Å². The summed E-state index contributed by atoms with van der Waals surface area (Å²) in [6, 6.07) is 22.1. The summed E-state index contributed by atoms with van der Waals surface area (Å²) >= 11 is 6.47. The predicted octanol–water partition coefficient (Wildman–Crippen LogP) is 8.51. The van der Waals surface area contributed by atoms with Gasteiger partial charge in [-0.3, -0.25) is 9.80 Å². The van der Waals surface area contributed by atoms with Crippen LogP contribution in [0.15, 0.2) is 72.9 Å². The van der Waals surface area contributed by atoms with Crippen LogP contribution in [0.25, 0.3) is 22.0 Å². The van der Waals surface area contributed by atoms with Gasteiger partial charge < -0.3 is 9.30 Å². The van der Waals surface area contributed by atoms with Crippen LogP contribution in [0.5, 0.6) is 5.75 Å². The summed E-state index contributed by atoms with van der Waals surface area (Å²) in [4.78, 5) is 5.21. The predicted molar refractivity (Wildman–Crippen MR) is 158 cm³/mol. The Morgan fingerprint density at radius 3 is 2.34 bits per heavy atom. The second-order valence-corrected chi connectivity index (χ2v) is 11.8. The molecule has 1 aromatic heterocycles. The zero-order valence-corrected chi connectivity index (χ0v) is 24.0. The smallest absolute Gasteiger partial charge is 0.406 e. The number of alkyl halides is 3. The molecule has 3 heterocycles. The first kappa shape index (κ1) is 28.1. The number of piperazine rings is 1. The number of likely N-dealkylation sites (tertiary alicyclic amines) is 1. The first-order chi connectivity index (χ1) is 19.8. The molecule has 2 bridgehead atoms. The Balaban J connectivity index is 1.22. The van der Waals surface area contributed by atoms with Crippen molar-refractivity contribution in [3.8, 4) is 16.9 Å². The molecule has 2 unspecified atom stereocenters. The third-order valence-corrected chi connectivity index (χ3v) is 8.89. The number of hydrogen-bond donors (Lipinski definition) is 0. The number of aromatic nitrogens is 1. The standard InChI is InChI=1S/C33H35ClF3N3O/c1-2-3-16-39-22-30(24-9-13-28(14-10-24)41-33(35,36)37)29-17-23(8-15-32(29)39)18-38-20-26-11-12-27(21-38)40(26)19-25-6-4-5-7-31(25)34/h4-10,13-15,17,22,26-27H,2-3,11-12,16,18-21H2,1H3. The van der Waals surface area contributed by atoms with Crippen molar-refractivity contribution < 1.29 is 17.9 Å². The molecule has 2 aliphatic rings. The average Bonchev–Trinajstić information content (AvgIpc) is 3.40. The van der Waals surface area contributed by atoms with Crippen LogP contribution in [0, 0.1) is 0 Å². The van der Waals surface area contributed by atoms with Crippen molar-refractivity contribution in [1.82, 2.24) is 14.4 Å². The Labute approximate surface area is 244 Å². The largest absolute Gasteiger partial charge is 0.573 e. The SMILES string of the molecule is CCCCn1cc(-c2ccc(OC(F)(F)F)cc2)c2cc(CN3CC4CCC(C3)N4Cc3ccccc3Cl)ccc21. The fourth-order valence-corrected chi connectivity index (χ4v) is 6.76. The highest BCUT2D eigenvalue weighted by Gasteiger charge is 2.39. The van der Waals surface area contributed by atoms with Gasteiger partial charge in [-0.05, 0) is 66.3 Å². The number of ether oxygens (including phenoxy) is 1. The minimum Gasteiger partial charge on any atom is -0.406 e. The van der Waals surface area contributed by atoms with Crippen LogP contribution in [-0.4, -0.2) is 45.9 Å². The van der Waals surface area contributed by atoms with Gasteiger partial charge in [0.2, 0.25) is 0 Å². The topological polar surface area (TPSA) is 20.6 Å². The van der Waals surface area contributed by atoms with E-state index in [1.807, 2.05) is 12.1 Å². The number of aryl methyl sites for hydroxylation is 1. The number of fused-ring (bicyclic) bond motifs is 3. The third kappa shape index (κ3) is 6.27. The molecule has 0 aliphatic carbocycles. The molecule has 41 heavy (non-hydrogen) atoms. The monoisotopic (exact) mass is 581 g/mol. The molecule has 2 saturated heterocycles. The molecule has 0 radical (unpaired) electrons. The second-order valence-electron chi connectivity index (χ2n) is 11.4. The molecule has 8 heteroatoms. The maximum Gasteiger partial charge on any atom is 0.573 e. The molecule has 3 aromatic carbocycles. The molecular weight excluding hydrogens is 547 g/mol. The Bertz CT molecular complexity index is 1490. The van der Waals surface area contributed by atoms with Gasteiger partial charge in [0.05, 0.1) is 0 Å². The lowest BCUT2D eigenvalue weighted by Crippen LogP contribution is -2.52. The number of unbranched alkanes of at least 4 members (excludes halogenated alkanes) is 1. The first-order valence-electron chi connectivity index (χ1n) is 14.5. The van der Waals surface area contributed by atoms with Crippen LogP contribution in [0.3, 0.4) is 0 Å². The summed E-state index contributed by atoms with van der Waals surface area (Å²) in [5.74, 6) is -0.208. The molecule has 4 aromatic rings. The molecule has 0 saturated carbocycles. The van der Waals surface area contributed by atoms with Gasteiger partial charge in [0.25, 0.3) is 0 Å². The summed E-state index contributed by atoms with van der Waals surface area (Å²) in [6.07, 6.45) is 2.00. The van der Waals surface area contributed by atoms with E-state index in [-0.39, 0.29) is 5.75 Å². The summed E-state index contributed by atoms with van der Waals surface area (Å²) in [5.41, 5.74) is 5.51. The van der Waals surface area contributed by atoms with E-state index in [2.05, 4.69) is 62.6 Å². The van der Waals surface area contributed by atoms with Gasteiger partial charge in [-0.1, -0.05) is 61.3 Å². The van der Waals surface area contributed by atoms with Gasteiger partial charge in [-0.15, -0.1) is 13.2 Å². The Morgan fingerprint density at radius 1 is 0.927 bits per heavy atom. The lowest BCUT2D eigenvalue weighted by Gasteiger charge is -2.41. The molecule has 2 fully saturated rings. The number of halogens is 4. The normalized spacial score (nSPS) is 19.7. The van der Waals surface area contributed by atoms with E-state index in [4.69, 9.17) is 11.6 Å². The molecule has 0 amide bonds. The van der Waals surface area contributed by atoms with Crippen LogP contribution in [0.1, 0.15) is 43.7 Å². The van der Waals surface area contributed by atoms with Crippen LogP contribution in [-0.2, 0) is 19.6 Å². The second kappa shape index (κ2) is 11.7. The maximum absolute atomic E-state index is 12.7. The van der Waals surface area contributed by atoms with Gasteiger partial charge in [-0.2, -0.15) is 0 Å². The van der Waals surface area contributed by atoms with E-state index in [1.54, 1.807) is 12.1 Å². The molecule has 2 atom stereocenters. The number of rotatable bonds is 9. The highest BCUT2D eigenvalue weighted by molar-refractivity contribution is 6.31. The summed E-state index contributed by atoms with van der Waals surface area (Å²) in [5, 5.41) is 1.97. The Kier molecular flexibility index (Phi) is 8.03. The van der Waals surface area contributed by atoms with Crippen LogP contribution in [0.4, 0.5) is 13.2 Å². The van der Waals surface area contributed by atoms with E-state index in [9.17, 15) is 13.2 Å². The zero-order chi connectivity index (χ0) is 28.6. The fourth-order valence-electron chi connectivity index (χ4n) is 6.57. The molecule has 0 spiro atoms. The van der Waals surface area contributed by atoms with Crippen molar-refractivity contribution in [3.05, 3.63) is 89.1 Å². The Hall–Kier alpha value is -3.00. The molecule has 6 rings (SSSR count). The van der Waals surface area contributed by atoms with Crippen molar-refractivity contribution in [2.24, 2.45) is 0 Å². The van der Waals surface area contributed by atoms with Crippen LogP contribution in [0.2, 0.25) is 5.02 Å². The maximum atomic E-state index is 12.7. The minimum absolute atomic E-state index is 0.208. The van der Waals surface area contributed by atoms with Crippen molar-refractivity contribution in [2.45, 2.75) is 70.7 Å². The summed E-state index contributed by atoms with van der Waals surface area (Å²) < 4.78 is 44.4. The lowest BCUT2D eigenvalue weighted by molar-refractivity contribution is -0.274. The van der Waals surface area contributed by atoms with Gasteiger partial charge >= 0.3 is 6.36 Å². The Morgan fingerprint density at radius 2 is 1.66 bits per heavy atom. The van der Waals surface area contributed by atoms with E-state index in [0.717, 1.165) is 72.6 Å². The molecule has 2 aliphatic heterocycles. The van der Waals surface area contributed by atoms with Crippen LogP contribution >= 0.6 is 11.6 Å².